The second kappa shape index (κ2) is 16.7. The number of fused-ring (bicyclic) bond motifs is 6. The summed E-state index contributed by atoms with van der Waals surface area (Å²) in [6.07, 6.45) is 29.8. The van der Waals surface area contributed by atoms with Crippen molar-refractivity contribution in [3.05, 3.63) is 108 Å². The van der Waals surface area contributed by atoms with Gasteiger partial charge < -0.3 is 0 Å². The van der Waals surface area contributed by atoms with Crippen molar-refractivity contribution >= 4 is 129 Å². The van der Waals surface area contributed by atoms with Gasteiger partial charge in [0.25, 0.3) is 0 Å². The van der Waals surface area contributed by atoms with E-state index in [0.717, 1.165) is 12.8 Å². The van der Waals surface area contributed by atoms with E-state index >= 15 is 0 Å². The van der Waals surface area contributed by atoms with Crippen molar-refractivity contribution in [2.45, 2.75) is 155 Å². The Bertz CT molecular complexity index is 3540. The van der Waals surface area contributed by atoms with Gasteiger partial charge in [-0.15, -0.1) is 0 Å². The first-order valence-corrected chi connectivity index (χ1v) is 26.9. The minimum absolute atomic E-state index is 1.15. The first-order valence-electron chi connectivity index (χ1n) is 26.9. The molecule has 0 nitrogen and oxygen atoms in total. The predicted molar refractivity (Wildman–Crippen MR) is 295 cm³/mol. The first-order chi connectivity index (χ1) is 32.8. The van der Waals surface area contributed by atoms with Crippen LogP contribution in [-0.4, -0.2) is 0 Å². The van der Waals surface area contributed by atoms with Gasteiger partial charge in [-0.25, -0.2) is 0 Å². The molecule has 0 N–H and O–H groups in total. The average Bonchev–Trinajstić information content (AvgIpc) is 3.35. The third-order valence-electron chi connectivity index (χ3n) is 17.0. The fourth-order valence-corrected chi connectivity index (χ4v) is 14.0. The van der Waals surface area contributed by atoms with Crippen LogP contribution in [0.5, 0.6) is 0 Å². The van der Waals surface area contributed by atoms with Crippen LogP contribution in [-0.2, 0) is 12.8 Å². The molecule has 0 spiro atoms. The lowest BCUT2D eigenvalue weighted by atomic mass is 9.73. The quantitative estimate of drug-likeness (QED) is 0.0362. The summed E-state index contributed by atoms with van der Waals surface area (Å²) in [6, 6.07) is 39.6. The summed E-state index contributed by atoms with van der Waals surface area (Å²) in [4.78, 5) is 0. The first kappa shape index (κ1) is 40.8. The number of aryl methyl sites for hydroxylation is 2. The minimum atomic E-state index is 1.15. The van der Waals surface area contributed by atoms with Crippen LogP contribution in [0.1, 0.15) is 153 Å². The van der Waals surface area contributed by atoms with Gasteiger partial charge in [-0.2, -0.15) is 0 Å². The highest BCUT2D eigenvalue weighted by Crippen LogP contribution is 2.60. The molecule has 0 aromatic heterocycles. The van der Waals surface area contributed by atoms with Crippen LogP contribution in [0, 0.1) is 0 Å². The molecule has 0 heterocycles. The molecule has 13 aromatic carbocycles. The van der Waals surface area contributed by atoms with Crippen molar-refractivity contribution in [2.24, 2.45) is 0 Å². The highest BCUT2D eigenvalue weighted by molar-refractivity contribution is 6.61. The summed E-state index contributed by atoms with van der Waals surface area (Å²) in [6.45, 7) is 4.64. The van der Waals surface area contributed by atoms with Gasteiger partial charge in [0, 0.05) is 0 Å². The Morgan fingerprint density at radius 2 is 0.409 bits per heavy atom. The third-order valence-corrected chi connectivity index (χ3v) is 17.0. The zero-order chi connectivity index (χ0) is 43.9. The topological polar surface area (TPSA) is 0 Å². The zero-order valence-electron chi connectivity index (χ0n) is 39.8. The minimum Gasteiger partial charge on any atom is -0.0654 e. The van der Waals surface area contributed by atoms with Crippen molar-refractivity contribution in [3.63, 3.8) is 0 Å². The summed E-state index contributed by atoms with van der Waals surface area (Å²) in [5.74, 6) is 0. The van der Waals surface area contributed by atoms with Gasteiger partial charge in [0.2, 0.25) is 0 Å². The summed E-state index contributed by atoms with van der Waals surface area (Å²) < 4.78 is 0. The zero-order valence-corrected chi connectivity index (χ0v) is 39.8. The molecule has 0 unspecified atom stereocenters. The molecule has 0 aliphatic carbocycles. The summed E-state index contributed by atoms with van der Waals surface area (Å²) in [5, 5.41) is 35.3. The molecule has 330 valence electrons. The Kier molecular flexibility index (Phi) is 10.3. The fourth-order valence-electron chi connectivity index (χ4n) is 14.0. The van der Waals surface area contributed by atoms with Crippen molar-refractivity contribution in [3.8, 4) is 0 Å². The van der Waals surface area contributed by atoms with E-state index in [-0.39, 0.29) is 0 Å². The lowest BCUT2D eigenvalue weighted by molar-refractivity contribution is 0.556. The van der Waals surface area contributed by atoms with Gasteiger partial charge in [-0.1, -0.05) is 226 Å². The number of benzene rings is 13. The lowest BCUT2D eigenvalue weighted by Gasteiger charge is -2.29. The normalized spacial score (nSPS) is 13.1. The maximum Gasteiger partial charge on any atom is -0.0000473 e. The van der Waals surface area contributed by atoms with E-state index in [9.17, 15) is 0 Å². The van der Waals surface area contributed by atoms with Crippen molar-refractivity contribution < 1.29 is 0 Å². The molecule has 0 atom stereocenters. The van der Waals surface area contributed by atoms with Gasteiger partial charge in [-0.05, 0) is 166 Å². The highest BCUT2D eigenvalue weighted by atomic mass is 14.3. The maximum atomic E-state index is 2.68. The monoisotopic (exact) mass is 859 g/mol. The Balaban J connectivity index is 1.03. The highest BCUT2D eigenvalue weighted by Gasteiger charge is 2.31. The van der Waals surface area contributed by atoms with E-state index in [1.807, 2.05) is 0 Å². The number of hydrogen-bond acceptors (Lipinski definition) is 0. The molecule has 0 saturated carbocycles. The second-order valence-corrected chi connectivity index (χ2v) is 21.2. The Morgan fingerprint density at radius 1 is 0.212 bits per heavy atom. The standard InChI is InChI=1S/C66H66/c1-3-5-7-9-11-13-15-17-19-21-27-41-37-51-49-35-25-33-47-45-31-23-29-43-44-30-24-32-46-48-34-26-36-50-52-38-42(28-22-20-18-16-14-12-10-8-6-4-2)40-54-53(39-41)59(51)65-63(57(47)49)61(55(43)45)62(56(44)46)64(58(48)50)66(65)60(52)54/h23-26,29-40H,3-22,27-28H2,1-2H3. The van der Waals surface area contributed by atoms with E-state index in [0.29, 0.717) is 0 Å². The van der Waals surface area contributed by atoms with Crippen LogP contribution in [0.4, 0.5) is 0 Å². The maximum absolute atomic E-state index is 2.68. The van der Waals surface area contributed by atoms with Crippen LogP contribution < -0.4 is 0 Å². The van der Waals surface area contributed by atoms with Crippen LogP contribution >= 0.6 is 0 Å². The van der Waals surface area contributed by atoms with E-state index in [4.69, 9.17) is 0 Å². The van der Waals surface area contributed by atoms with Crippen molar-refractivity contribution in [2.75, 3.05) is 0 Å². The summed E-state index contributed by atoms with van der Waals surface area (Å²) >= 11 is 0. The molecule has 0 aliphatic heterocycles. The van der Waals surface area contributed by atoms with E-state index in [2.05, 4.69) is 111 Å². The molecule has 13 aromatic rings. The third kappa shape index (κ3) is 6.08. The smallest absolute Gasteiger partial charge is 0.0000473 e. The van der Waals surface area contributed by atoms with Gasteiger partial charge in [0.05, 0.1) is 0 Å². The van der Waals surface area contributed by atoms with Crippen LogP contribution in [0.15, 0.2) is 97.1 Å². The summed E-state index contributed by atoms with van der Waals surface area (Å²) in [7, 11) is 0. The fraction of sp³-hybridized carbons (Fsp3) is 0.364. The van der Waals surface area contributed by atoms with Gasteiger partial charge in [-0.3, -0.25) is 0 Å². The van der Waals surface area contributed by atoms with Crippen molar-refractivity contribution in [1.29, 1.82) is 0 Å². The second-order valence-electron chi connectivity index (χ2n) is 21.2. The van der Waals surface area contributed by atoms with E-state index in [1.54, 1.807) is 0 Å². The molecule has 0 aliphatic rings. The summed E-state index contributed by atoms with van der Waals surface area (Å²) in [5.41, 5.74) is 3.05. The lowest BCUT2D eigenvalue weighted by Crippen LogP contribution is -2.01. The molecule has 0 amide bonds. The van der Waals surface area contributed by atoms with E-state index in [1.165, 1.54) is 269 Å². The van der Waals surface area contributed by atoms with Gasteiger partial charge in [0.1, 0.15) is 0 Å². The molecule has 0 fully saturated rings. The number of rotatable bonds is 22. The number of unbranched alkanes of at least 4 members (excludes halogenated alkanes) is 18. The van der Waals surface area contributed by atoms with Crippen LogP contribution in [0.25, 0.3) is 129 Å². The molecular weight excluding hydrogens is 793 g/mol. The Labute approximate surface area is 390 Å². The predicted octanol–water partition coefficient (Wildman–Crippen LogP) is 21.1. The largest absolute Gasteiger partial charge is 0.0654 e. The van der Waals surface area contributed by atoms with Crippen LogP contribution in [0.2, 0.25) is 0 Å². The molecule has 0 radical (unpaired) electrons. The number of hydrogen-bond donors (Lipinski definition) is 0. The molecule has 0 saturated heterocycles. The molecular formula is C66H66. The average molecular weight is 859 g/mol. The van der Waals surface area contributed by atoms with Gasteiger partial charge in [0.15, 0.2) is 0 Å². The Hall–Kier alpha value is -5.46. The SMILES string of the molecule is CCCCCCCCCCCCc1cc2c3cccc4c5cccc6c7cccc8c9cccc%10c%11cc(CCCCCCCCCCCC)cc%12c(c1)c2c1c(c43)c(c65)c(c78)c(c9%10)c1c%11%12. The molecule has 0 heteroatoms. The molecule has 13 rings (SSSR count). The van der Waals surface area contributed by atoms with E-state index < -0.39 is 0 Å². The van der Waals surface area contributed by atoms with Crippen molar-refractivity contribution in [1.82, 2.24) is 0 Å². The molecule has 0 bridgehead atoms. The van der Waals surface area contributed by atoms with Gasteiger partial charge >= 0.3 is 0 Å². The Morgan fingerprint density at radius 3 is 0.667 bits per heavy atom. The molecule has 66 heavy (non-hydrogen) atoms. The van der Waals surface area contributed by atoms with Crippen LogP contribution in [0.3, 0.4) is 0 Å².